The summed E-state index contributed by atoms with van der Waals surface area (Å²) < 4.78 is 27.8. The lowest BCUT2D eigenvalue weighted by Gasteiger charge is -2.05. The Bertz CT molecular complexity index is 400. The minimum Gasteiger partial charge on any atom is -0.324 e. The van der Waals surface area contributed by atoms with Gasteiger partial charge >= 0.3 is 0 Å². The van der Waals surface area contributed by atoms with Crippen LogP contribution in [0.4, 0.5) is 5.69 Å². The third-order valence-corrected chi connectivity index (χ3v) is 3.08. The molecule has 0 aliphatic carbocycles. The summed E-state index contributed by atoms with van der Waals surface area (Å²) >= 11 is 0. The molecule has 0 aliphatic heterocycles. The van der Waals surface area contributed by atoms with E-state index in [0.717, 1.165) is 0 Å². The molecule has 0 bridgehead atoms. The van der Waals surface area contributed by atoms with Crippen molar-refractivity contribution in [1.82, 2.24) is 0 Å². The fraction of sp³-hybridized carbons (Fsp3) is 0.333. The van der Waals surface area contributed by atoms with Crippen LogP contribution < -0.4 is 11.3 Å². The summed E-state index contributed by atoms with van der Waals surface area (Å²) in [4.78, 5) is 0.134. The van der Waals surface area contributed by atoms with Crippen molar-refractivity contribution in [2.45, 2.75) is 18.2 Å². The molecular formula is C9H14N2O3S. The predicted octanol–water partition coefficient (Wildman–Crippen LogP) is 1.09. The van der Waals surface area contributed by atoms with Gasteiger partial charge in [-0.3, -0.25) is 10.0 Å². The average Bonchev–Trinajstić information content (AvgIpc) is 2.26. The molecule has 1 aromatic rings. The number of nitrogens with one attached hydrogen (secondary N) is 1. The highest BCUT2D eigenvalue weighted by Gasteiger charge is 2.13. The van der Waals surface area contributed by atoms with Crippen LogP contribution in [0.25, 0.3) is 0 Å². The first-order chi connectivity index (χ1) is 7.10. The number of rotatable bonds is 5. The lowest BCUT2D eigenvalue weighted by molar-refractivity contribution is 0.318. The zero-order valence-electron chi connectivity index (χ0n) is 8.43. The van der Waals surface area contributed by atoms with E-state index < -0.39 is 10.1 Å². The third kappa shape index (κ3) is 3.19. The molecule has 5 nitrogen and oxygen atoms in total. The number of hydrogen-bond donors (Lipinski definition) is 2. The molecule has 1 rings (SSSR count). The molecule has 0 saturated heterocycles. The first-order valence-corrected chi connectivity index (χ1v) is 5.97. The molecule has 15 heavy (non-hydrogen) atoms. The summed E-state index contributed by atoms with van der Waals surface area (Å²) in [7, 11) is -3.62. The second kappa shape index (κ2) is 5.11. The van der Waals surface area contributed by atoms with Crippen LogP contribution in [0.1, 0.15) is 13.3 Å². The Kier molecular flexibility index (Phi) is 4.07. The Balaban J connectivity index is 2.86. The number of nitrogens with two attached hydrogens (primary N) is 1. The first kappa shape index (κ1) is 12.0. The van der Waals surface area contributed by atoms with Crippen molar-refractivity contribution in [2.75, 3.05) is 12.0 Å². The van der Waals surface area contributed by atoms with Gasteiger partial charge in [0, 0.05) is 5.69 Å². The molecule has 0 heterocycles. The van der Waals surface area contributed by atoms with Crippen molar-refractivity contribution in [2.24, 2.45) is 5.84 Å². The van der Waals surface area contributed by atoms with Crippen molar-refractivity contribution in [3.63, 3.8) is 0 Å². The first-order valence-electron chi connectivity index (χ1n) is 4.56. The van der Waals surface area contributed by atoms with Gasteiger partial charge in [-0.25, -0.2) is 0 Å². The maximum Gasteiger partial charge on any atom is 0.296 e. The van der Waals surface area contributed by atoms with Crippen molar-refractivity contribution >= 4 is 15.8 Å². The fourth-order valence-electron chi connectivity index (χ4n) is 0.979. The second-order valence-electron chi connectivity index (χ2n) is 2.94. The molecule has 3 N–H and O–H groups in total. The van der Waals surface area contributed by atoms with Gasteiger partial charge in [0.25, 0.3) is 10.1 Å². The minimum absolute atomic E-state index is 0.134. The largest absolute Gasteiger partial charge is 0.324 e. The number of nitrogen functional groups attached to an aromatic ring is 1. The van der Waals surface area contributed by atoms with E-state index >= 15 is 0 Å². The van der Waals surface area contributed by atoms with E-state index in [4.69, 9.17) is 10.0 Å². The highest BCUT2D eigenvalue weighted by molar-refractivity contribution is 7.86. The Labute approximate surface area is 89.3 Å². The predicted molar refractivity (Wildman–Crippen MR) is 57.7 cm³/mol. The number of hydrogen-bond acceptors (Lipinski definition) is 5. The molecule has 0 aromatic heterocycles. The van der Waals surface area contributed by atoms with Crippen molar-refractivity contribution in [1.29, 1.82) is 0 Å². The third-order valence-electron chi connectivity index (χ3n) is 1.75. The number of anilines is 1. The minimum atomic E-state index is -3.62. The summed E-state index contributed by atoms with van der Waals surface area (Å²) in [6, 6.07) is 6.03. The van der Waals surface area contributed by atoms with Crippen LogP contribution in [0.3, 0.4) is 0 Å². The van der Waals surface area contributed by atoms with Crippen LogP contribution in [-0.2, 0) is 14.3 Å². The monoisotopic (exact) mass is 230 g/mol. The van der Waals surface area contributed by atoms with Crippen molar-refractivity contribution < 1.29 is 12.6 Å². The molecule has 0 saturated carbocycles. The van der Waals surface area contributed by atoms with E-state index in [1.165, 1.54) is 12.1 Å². The molecule has 0 amide bonds. The summed E-state index contributed by atoms with van der Waals surface area (Å²) in [6.45, 7) is 2.04. The average molecular weight is 230 g/mol. The SMILES string of the molecule is CCCOS(=O)(=O)c1ccc(NN)cc1. The van der Waals surface area contributed by atoms with Crippen LogP contribution in [0.15, 0.2) is 29.2 Å². The number of hydrazine groups is 1. The topological polar surface area (TPSA) is 81.4 Å². The summed E-state index contributed by atoms with van der Waals surface area (Å²) in [5, 5.41) is 0. The van der Waals surface area contributed by atoms with Crippen LogP contribution in [-0.4, -0.2) is 15.0 Å². The maximum absolute atomic E-state index is 11.5. The zero-order chi connectivity index (χ0) is 11.3. The molecule has 0 atom stereocenters. The van der Waals surface area contributed by atoms with Gasteiger partial charge in [0.1, 0.15) is 0 Å². The Morgan fingerprint density at radius 2 is 1.93 bits per heavy atom. The van der Waals surface area contributed by atoms with E-state index in [9.17, 15) is 8.42 Å². The Morgan fingerprint density at radius 3 is 2.40 bits per heavy atom. The molecule has 6 heteroatoms. The second-order valence-corrected chi connectivity index (χ2v) is 4.56. The lowest BCUT2D eigenvalue weighted by Crippen LogP contribution is -2.09. The van der Waals surface area contributed by atoms with Crippen LogP contribution >= 0.6 is 0 Å². The number of benzene rings is 1. The van der Waals surface area contributed by atoms with Crippen molar-refractivity contribution in [3.05, 3.63) is 24.3 Å². The van der Waals surface area contributed by atoms with Gasteiger partial charge in [0.2, 0.25) is 0 Å². The molecule has 1 aromatic carbocycles. The van der Waals surface area contributed by atoms with Crippen LogP contribution in [0, 0.1) is 0 Å². The zero-order valence-corrected chi connectivity index (χ0v) is 9.25. The van der Waals surface area contributed by atoms with Gasteiger partial charge in [-0.05, 0) is 30.7 Å². The van der Waals surface area contributed by atoms with Gasteiger partial charge in [-0.1, -0.05) is 6.92 Å². The smallest absolute Gasteiger partial charge is 0.296 e. The normalized spacial score (nSPS) is 11.3. The molecule has 84 valence electrons. The summed E-state index contributed by atoms with van der Waals surface area (Å²) in [6.07, 6.45) is 0.654. The molecule has 0 aliphatic rings. The Hall–Kier alpha value is -1.11. The summed E-state index contributed by atoms with van der Waals surface area (Å²) in [5.41, 5.74) is 3.06. The molecule has 0 radical (unpaired) electrons. The van der Waals surface area contributed by atoms with E-state index in [-0.39, 0.29) is 11.5 Å². The van der Waals surface area contributed by atoms with E-state index in [0.29, 0.717) is 12.1 Å². The van der Waals surface area contributed by atoms with E-state index in [1.54, 1.807) is 12.1 Å². The molecule has 0 spiro atoms. The molecule has 0 fully saturated rings. The summed E-state index contributed by atoms with van der Waals surface area (Å²) in [5.74, 6) is 5.16. The Morgan fingerprint density at radius 1 is 1.33 bits per heavy atom. The maximum atomic E-state index is 11.5. The lowest BCUT2D eigenvalue weighted by atomic mass is 10.3. The highest BCUT2D eigenvalue weighted by atomic mass is 32.2. The van der Waals surface area contributed by atoms with Gasteiger partial charge in [0.15, 0.2) is 0 Å². The van der Waals surface area contributed by atoms with Gasteiger partial charge in [-0.2, -0.15) is 8.42 Å². The van der Waals surface area contributed by atoms with Gasteiger partial charge in [-0.15, -0.1) is 0 Å². The van der Waals surface area contributed by atoms with Crippen LogP contribution in [0.2, 0.25) is 0 Å². The standard InChI is InChI=1S/C9H14N2O3S/c1-2-7-14-15(12,13)9-5-3-8(11-10)4-6-9/h3-6,11H,2,7,10H2,1H3. The quantitative estimate of drug-likeness (QED) is 0.449. The fourth-order valence-corrected chi connectivity index (χ4v) is 1.97. The highest BCUT2D eigenvalue weighted by Crippen LogP contribution is 2.15. The van der Waals surface area contributed by atoms with Crippen molar-refractivity contribution in [3.8, 4) is 0 Å². The van der Waals surface area contributed by atoms with Gasteiger partial charge < -0.3 is 5.43 Å². The van der Waals surface area contributed by atoms with E-state index in [1.807, 2.05) is 6.92 Å². The van der Waals surface area contributed by atoms with E-state index in [2.05, 4.69) is 5.43 Å². The molecular weight excluding hydrogens is 216 g/mol. The molecule has 0 unspecified atom stereocenters. The van der Waals surface area contributed by atoms with Crippen LogP contribution in [0.5, 0.6) is 0 Å². The van der Waals surface area contributed by atoms with Gasteiger partial charge in [0.05, 0.1) is 11.5 Å².